The number of rotatable bonds is 6. The van der Waals surface area contributed by atoms with Gasteiger partial charge in [-0.05, 0) is 36.2 Å². The Balaban J connectivity index is 1.51. The minimum absolute atomic E-state index is 0.0941. The van der Waals surface area contributed by atoms with Gasteiger partial charge in [-0.1, -0.05) is 42.5 Å². The fourth-order valence-corrected chi connectivity index (χ4v) is 4.04. The third-order valence-electron chi connectivity index (χ3n) is 5.54. The topological polar surface area (TPSA) is 96.0 Å². The van der Waals surface area contributed by atoms with Gasteiger partial charge in [0.2, 0.25) is 5.91 Å². The zero-order valence-electron chi connectivity index (χ0n) is 16.0. The summed E-state index contributed by atoms with van der Waals surface area (Å²) in [6, 6.07) is 16.5. The predicted octanol–water partition coefficient (Wildman–Crippen LogP) is 2.46. The second kappa shape index (κ2) is 8.01. The highest BCUT2D eigenvalue weighted by molar-refractivity contribution is 6.15. The van der Waals surface area contributed by atoms with Crippen LogP contribution in [0, 0.1) is 0 Å². The number of nitrogens with zero attached hydrogens (tertiary/aromatic N) is 2. The Hall–Kier alpha value is -3.25. The number of aromatic carboxylic acids is 1. The first-order valence-corrected chi connectivity index (χ1v) is 9.71. The summed E-state index contributed by atoms with van der Waals surface area (Å²) >= 11 is 0. The number of carboxylic acid groups (broad SMARTS) is 1. The van der Waals surface area contributed by atoms with Gasteiger partial charge in [0.15, 0.2) is 0 Å². The first kappa shape index (κ1) is 19.1. The molecule has 0 spiro atoms. The maximum atomic E-state index is 13.3. The van der Waals surface area contributed by atoms with E-state index in [1.165, 1.54) is 0 Å². The summed E-state index contributed by atoms with van der Waals surface area (Å²) in [5, 5.41) is 9.08. The molecule has 6 heteroatoms. The number of hydrogen-bond donors (Lipinski definition) is 2. The molecule has 1 amide bonds. The zero-order valence-corrected chi connectivity index (χ0v) is 16.0. The average Bonchev–Trinajstić information content (AvgIpc) is 3.33. The normalized spacial score (nSPS) is 16.6. The van der Waals surface area contributed by atoms with Gasteiger partial charge in [0, 0.05) is 24.2 Å². The summed E-state index contributed by atoms with van der Waals surface area (Å²) in [5.74, 6) is -1.09. The smallest absolute Gasteiger partial charge is 0.335 e. The lowest BCUT2D eigenvalue weighted by atomic mass is 9.94. The highest BCUT2D eigenvalue weighted by atomic mass is 16.4. The highest BCUT2D eigenvalue weighted by Crippen LogP contribution is 2.31. The first-order valence-electron chi connectivity index (χ1n) is 9.71. The van der Waals surface area contributed by atoms with E-state index in [0.29, 0.717) is 32.6 Å². The fraction of sp³-hybridized carbons (Fsp3) is 0.261. The van der Waals surface area contributed by atoms with E-state index in [2.05, 4.69) is 4.99 Å². The Morgan fingerprint density at radius 1 is 1.07 bits per heavy atom. The SMILES string of the molecule is NCCC(C(=O)N1CC2=C(C1)C(c1ccc(C(=O)O)cc1)=NC2)c1ccccc1. The molecule has 0 fully saturated rings. The Bertz CT molecular complexity index is 994. The van der Waals surface area contributed by atoms with Crippen molar-refractivity contribution in [2.24, 2.45) is 10.7 Å². The zero-order chi connectivity index (χ0) is 20.4. The predicted molar refractivity (Wildman–Crippen MR) is 111 cm³/mol. The number of nitrogens with two attached hydrogens (primary N) is 1. The number of amides is 1. The number of hydrogen-bond acceptors (Lipinski definition) is 4. The van der Waals surface area contributed by atoms with E-state index in [1.54, 1.807) is 24.3 Å². The standard InChI is InChI=1S/C23H23N3O3/c24-11-10-19(15-4-2-1-3-5-15)22(27)26-13-18-12-25-21(20(18)14-26)16-6-8-17(9-7-16)23(28)29/h1-9,19H,10-14,24H2,(H,28,29). The van der Waals surface area contributed by atoms with Gasteiger partial charge in [-0.15, -0.1) is 0 Å². The lowest BCUT2D eigenvalue weighted by Gasteiger charge is -2.24. The van der Waals surface area contributed by atoms with Gasteiger partial charge < -0.3 is 15.7 Å². The number of aliphatic imine (C=N–C) groups is 1. The molecule has 0 radical (unpaired) electrons. The number of benzene rings is 2. The van der Waals surface area contributed by atoms with Crippen molar-refractivity contribution in [1.29, 1.82) is 0 Å². The second-order valence-corrected chi connectivity index (χ2v) is 7.36. The largest absolute Gasteiger partial charge is 0.478 e. The molecule has 4 rings (SSSR count). The molecule has 2 aliphatic rings. The van der Waals surface area contributed by atoms with Crippen LogP contribution in [0.3, 0.4) is 0 Å². The van der Waals surface area contributed by atoms with E-state index in [0.717, 1.165) is 28.0 Å². The van der Waals surface area contributed by atoms with Gasteiger partial charge in [-0.2, -0.15) is 0 Å². The molecule has 1 atom stereocenters. The molecule has 0 bridgehead atoms. The summed E-state index contributed by atoms with van der Waals surface area (Å²) in [7, 11) is 0. The molecule has 0 aliphatic carbocycles. The Kier molecular flexibility index (Phi) is 5.27. The molecular formula is C23H23N3O3. The Morgan fingerprint density at radius 2 is 1.79 bits per heavy atom. The van der Waals surface area contributed by atoms with Crippen LogP contribution in [0.1, 0.15) is 33.8 Å². The summed E-state index contributed by atoms with van der Waals surface area (Å²) in [4.78, 5) is 30.9. The number of carbonyl (C=O) groups excluding carboxylic acids is 1. The van der Waals surface area contributed by atoms with Crippen LogP contribution in [-0.4, -0.2) is 53.8 Å². The maximum absolute atomic E-state index is 13.3. The molecule has 0 saturated heterocycles. The summed E-state index contributed by atoms with van der Waals surface area (Å²) < 4.78 is 0. The van der Waals surface area contributed by atoms with Crippen LogP contribution in [0.25, 0.3) is 0 Å². The van der Waals surface area contributed by atoms with E-state index >= 15 is 0 Å². The molecule has 2 aliphatic heterocycles. The molecule has 3 N–H and O–H groups in total. The van der Waals surface area contributed by atoms with Crippen molar-refractivity contribution in [2.45, 2.75) is 12.3 Å². The maximum Gasteiger partial charge on any atom is 0.335 e. The third kappa shape index (κ3) is 3.71. The van der Waals surface area contributed by atoms with Crippen molar-refractivity contribution in [3.05, 3.63) is 82.4 Å². The van der Waals surface area contributed by atoms with E-state index in [-0.39, 0.29) is 17.4 Å². The van der Waals surface area contributed by atoms with Crippen molar-refractivity contribution in [3.63, 3.8) is 0 Å². The van der Waals surface area contributed by atoms with Crippen molar-refractivity contribution in [2.75, 3.05) is 26.2 Å². The van der Waals surface area contributed by atoms with Gasteiger partial charge in [0.25, 0.3) is 0 Å². The monoisotopic (exact) mass is 389 g/mol. The van der Waals surface area contributed by atoms with Crippen molar-refractivity contribution < 1.29 is 14.7 Å². The van der Waals surface area contributed by atoms with E-state index in [1.807, 2.05) is 35.2 Å². The minimum atomic E-state index is -0.950. The van der Waals surface area contributed by atoms with E-state index < -0.39 is 5.97 Å². The van der Waals surface area contributed by atoms with Crippen molar-refractivity contribution in [1.82, 2.24) is 4.90 Å². The highest BCUT2D eigenvalue weighted by Gasteiger charge is 2.34. The molecule has 2 aromatic carbocycles. The Labute approximate surface area is 169 Å². The third-order valence-corrected chi connectivity index (χ3v) is 5.54. The van der Waals surface area contributed by atoms with Crippen LogP contribution in [0.2, 0.25) is 0 Å². The lowest BCUT2D eigenvalue weighted by Crippen LogP contribution is -2.35. The van der Waals surface area contributed by atoms with Crippen LogP contribution in [-0.2, 0) is 4.79 Å². The quantitative estimate of drug-likeness (QED) is 0.793. The van der Waals surface area contributed by atoms with Crippen molar-refractivity contribution in [3.8, 4) is 0 Å². The number of carboxylic acids is 1. The summed E-state index contributed by atoms with van der Waals surface area (Å²) in [5.41, 5.74) is 11.0. The van der Waals surface area contributed by atoms with Gasteiger partial charge in [0.1, 0.15) is 0 Å². The van der Waals surface area contributed by atoms with Crippen molar-refractivity contribution >= 4 is 17.6 Å². The first-order chi connectivity index (χ1) is 14.1. The molecule has 6 nitrogen and oxygen atoms in total. The van der Waals surface area contributed by atoms with Crippen LogP contribution in [0.15, 0.2) is 70.7 Å². The second-order valence-electron chi connectivity index (χ2n) is 7.36. The molecule has 148 valence electrons. The molecule has 2 aromatic rings. The fourth-order valence-electron chi connectivity index (χ4n) is 4.04. The molecule has 29 heavy (non-hydrogen) atoms. The van der Waals surface area contributed by atoms with Gasteiger partial charge in [-0.25, -0.2) is 4.79 Å². The lowest BCUT2D eigenvalue weighted by molar-refractivity contribution is -0.131. The van der Waals surface area contributed by atoms with Crippen LogP contribution < -0.4 is 5.73 Å². The summed E-state index contributed by atoms with van der Waals surface area (Å²) in [6.45, 7) is 2.15. The van der Waals surface area contributed by atoms with Crippen LogP contribution >= 0.6 is 0 Å². The molecule has 2 heterocycles. The van der Waals surface area contributed by atoms with Gasteiger partial charge in [0.05, 0.1) is 23.7 Å². The molecule has 0 aromatic heterocycles. The van der Waals surface area contributed by atoms with Crippen LogP contribution in [0.5, 0.6) is 0 Å². The molecule has 0 saturated carbocycles. The van der Waals surface area contributed by atoms with Gasteiger partial charge >= 0.3 is 5.97 Å². The number of carbonyl (C=O) groups is 2. The summed E-state index contributed by atoms with van der Waals surface area (Å²) in [6.07, 6.45) is 0.613. The van der Waals surface area contributed by atoms with Gasteiger partial charge in [-0.3, -0.25) is 9.79 Å². The Morgan fingerprint density at radius 3 is 2.45 bits per heavy atom. The molecular weight excluding hydrogens is 366 g/mol. The van der Waals surface area contributed by atoms with Crippen LogP contribution in [0.4, 0.5) is 0 Å². The average molecular weight is 389 g/mol. The van der Waals surface area contributed by atoms with E-state index in [4.69, 9.17) is 10.8 Å². The molecule has 1 unspecified atom stereocenters. The minimum Gasteiger partial charge on any atom is -0.478 e. The van der Waals surface area contributed by atoms with E-state index in [9.17, 15) is 9.59 Å².